The lowest BCUT2D eigenvalue weighted by molar-refractivity contribution is -0.144. The highest BCUT2D eigenvalue weighted by Crippen LogP contribution is 2.42. The number of piperidine rings is 1. The molecule has 3 rings (SSSR count). The number of amides is 3. The first-order valence-corrected chi connectivity index (χ1v) is 11.6. The van der Waals surface area contributed by atoms with Crippen molar-refractivity contribution in [3.63, 3.8) is 0 Å². The summed E-state index contributed by atoms with van der Waals surface area (Å²) in [6.45, 7) is 5.63. The van der Waals surface area contributed by atoms with E-state index in [0.29, 0.717) is 32.6 Å². The fourth-order valence-corrected chi connectivity index (χ4v) is 5.01. The SMILES string of the molecule is CCC(=O)[C@@H]1CCCN(C(=O)C[C@@]2(c3ccccc3C)CC(=O)N(CCN(C)C)C2=O)C1. The van der Waals surface area contributed by atoms with Crippen molar-refractivity contribution in [2.75, 3.05) is 40.3 Å². The van der Waals surface area contributed by atoms with Gasteiger partial charge >= 0.3 is 0 Å². The number of aryl methyl sites for hydroxylation is 1. The maximum absolute atomic E-state index is 13.7. The van der Waals surface area contributed by atoms with E-state index in [4.69, 9.17) is 0 Å². The molecule has 7 heteroatoms. The van der Waals surface area contributed by atoms with Gasteiger partial charge in [-0.05, 0) is 45.0 Å². The van der Waals surface area contributed by atoms with Crippen LogP contribution in [-0.4, -0.2) is 78.5 Å². The number of likely N-dealkylation sites (N-methyl/N-ethyl adjacent to an activating group) is 1. The summed E-state index contributed by atoms with van der Waals surface area (Å²) >= 11 is 0. The Labute approximate surface area is 190 Å². The van der Waals surface area contributed by atoms with E-state index in [1.54, 1.807) is 4.90 Å². The Morgan fingerprint density at radius 1 is 1.19 bits per heavy atom. The first-order valence-electron chi connectivity index (χ1n) is 11.6. The van der Waals surface area contributed by atoms with Crippen molar-refractivity contribution in [3.05, 3.63) is 35.4 Å². The molecule has 1 aromatic carbocycles. The van der Waals surface area contributed by atoms with Crippen LogP contribution in [0.3, 0.4) is 0 Å². The summed E-state index contributed by atoms with van der Waals surface area (Å²) in [5.74, 6) is -0.629. The molecule has 0 spiro atoms. The molecule has 2 aliphatic heterocycles. The third-order valence-corrected chi connectivity index (χ3v) is 6.87. The van der Waals surface area contributed by atoms with Gasteiger partial charge in [0.05, 0.1) is 5.41 Å². The first-order chi connectivity index (χ1) is 15.2. The quantitative estimate of drug-likeness (QED) is 0.578. The smallest absolute Gasteiger partial charge is 0.240 e. The predicted octanol–water partition coefficient (Wildman–Crippen LogP) is 2.16. The second-order valence-electron chi connectivity index (χ2n) is 9.40. The third-order valence-electron chi connectivity index (χ3n) is 6.87. The van der Waals surface area contributed by atoms with Crippen molar-refractivity contribution >= 4 is 23.5 Å². The zero-order valence-corrected chi connectivity index (χ0v) is 19.7. The number of carbonyl (C=O) groups excluding carboxylic acids is 4. The highest BCUT2D eigenvalue weighted by Gasteiger charge is 2.54. The molecule has 0 unspecified atom stereocenters. The van der Waals surface area contributed by atoms with Crippen molar-refractivity contribution in [2.45, 2.75) is 51.4 Å². The minimum Gasteiger partial charge on any atom is -0.342 e. The summed E-state index contributed by atoms with van der Waals surface area (Å²) in [4.78, 5) is 57.3. The van der Waals surface area contributed by atoms with Gasteiger partial charge in [-0.1, -0.05) is 31.2 Å². The average Bonchev–Trinajstić information content (AvgIpc) is 3.01. The second-order valence-corrected chi connectivity index (χ2v) is 9.40. The Morgan fingerprint density at radius 3 is 2.56 bits per heavy atom. The molecule has 0 N–H and O–H groups in total. The van der Waals surface area contributed by atoms with E-state index >= 15 is 0 Å². The predicted molar refractivity (Wildman–Crippen MR) is 122 cm³/mol. The fourth-order valence-electron chi connectivity index (χ4n) is 5.01. The number of Topliss-reactive ketones (excluding diaryl/α,β-unsaturated/α-hetero) is 1. The van der Waals surface area contributed by atoms with Crippen LogP contribution in [0.4, 0.5) is 0 Å². The number of benzene rings is 1. The molecule has 174 valence electrons. The highest BCUT2D eigenvalue weighted by atomic mass is 16.2. The van der Waals surface area contributed by atoms with Crippen molar-refractivity contribution in [3.8, 4) is 0 Å². The standard InChI is InChI=1S/C25H35N3O4/c1-5-21(29)19-10-8-12-27(17-19)22(30)15-25(20-11-7-6-9-18(20)2)16-23(31)28(24(25)32)14-13-26(3)4/h6-7,9,11,19H,5,8,10,12-17H2,1-4H3/t19-,25+/m1/s1. The topological polar surface area (TPSA) is 78.0 Å². The van der Waals surface area contributed by atoms with E-state index < -0.39 is 5.41 Å². The lowest BCUT2D eigenvalue weighted by Crippen LogP contribution is -2.47. The molecule has 2 saturated heterocycles. The zero-order valence-electron chi connectivity index (χ0n) is 19.7. The summed E-state index contributed by atoms with van der Waals surface area (Å²) in [5.41, 5.74) is 0.457. The molecule has 0 aliphatic carbocycles. The van der Waals surface area contributed by atoms with E-state index in [9.17, 15) is 19.2 Å². The Morgan fingerprint density at radius 2 is 1.91 bits per heavy atom. The van der Waals surface area contributed by atoms with Gasteiger partial charge in [-0.2, -0.15) is 0 Å². The third kappa shape index (κ3) is 4.77. The zero-order chi connectivity index (χ0) is 23.5. The maximum Gasteiger partial charge on any atom is 0.240 e. The van der Waals surface area contributed by atoms with Crippen molar-refractivity contribution in [2.24, 2.45) is 5.92 Å². The Balaban J connectivity index is 1.90. The monoisotopic (exact) mass is 441 g/mol. The molecule has 32 heavy (non-hydrogen) atoms. The van der Waals surface area contributed by atoms with Crippen LogP contribution >= 0.6 is 0 Å². The summed E-state index contributed by atoms with van der Waals surface area (Å²) < 4.78 is 0. The fraction of sp³-hybridized carbons (Fsp3) is 0.600. The van der Waals surface area contributed by atoms with Crippen LogP contribution < -0.4 is 0 Å². The molecule has 0 saturated carbocycles. The maximum atomic E-state index is 13.7. The van der Waals surface area contributed by atoms with Crippen LogP contribution in [0, 0.1) is 12.8 Å². The van der Waals surface area contributed by atoms with Crippen LogP contribution in [0.25, 0.3) is 0 Å². The number of nitrogens with zero attached hydrogens (tertiary/aromatic N) is 3. The molecule has 2 atom stereocenters. The number of ketones is 1. The normalized spacial score (nSPS) is 23.8. The minimum atomic E-state index is -1.19. The average molecular weight is 442 g/mol. The number of hydrogen-bond acceptors (Lipinski definition) is 5. The molecular weight excluding hydrogens is 406 g/mol. The number of carbonyl (C=O) groups is 4. The van der Waals surface area contributed by atoms with Gasteiger partial charge in [0.15, 0.2) is 0 Å². The Bertz CT molecular complexity index is 897. The van der Waals surface area contributed by atoms with Gasteiger partial charge < -0.3 is 9.80 Å². The van der Waals surface area contributed by atoms with Gasteiger partial charge in [-0.15, -0.1) is 0 Å². The molecule has 2 fully saturated rings. The Kier molecular flexibility index (Phi) is 7.49. The van der Waals surface area contributed by atoms with Gasteiger partial charge in [0.2, 0.25) is 17.7 Å². The van der Waals surface area contributed by atoms with Crippen molar-refractivity contribution in [1.82, 2.24) is 14.7 Å². The van der Waals surface area contributed by atoms with Gasteiger partial charge in [0, 0.05) is 51.4 Å². The number of likely N-dealkylation sites (tertiary alicyclic amines) is 2. The lowest BCUT2D eigenvalue weighted by atomic mass is 9.73. The van der Waals surface area contributed by atoms with Gasteiger partial charge in [0.25, 0.3) is 0 Å². The van der Waals surface area contributed by atoms with Gasteiger partial charge in [0.1, 0.15) is 5.78 Å². The molecule has 1 aromatic rings. The van der Waals surface area contributed by atoms with Crippen molar-refractivity contribution in [1.29, 1.82) is 0 Å². The molecule has 2 heterocycles. The molecule has 0 radical (unpaired) electrons. The van der Waals surface area contributed by atoms with Crippen molar-refractivity contribution < 1.29 is 19.2 Å². The van der Waals surface area contributed by atoms with Crippen LogP contribution in [-0.2, 0) is 24.6 Å². The molecule has 7 nitrogen and oxygen atoms in total. The van der Waals surface area contributed by atoms with Gasteiger partial charge in [-0.3, -0.25) is 24.1 Å². The summed E-state index contributed by atoms with van der Waals surface area (Å²) in [6.07, 6.45) is 2.00. The molecule has 0 aromatic heterocycles. The van der Waals surface area contributed by atoms with E-state index in [2.05, 4.69) is 0 Å². The van der Waals surface area contributed by atoms with E-state index in [0.717, 1.165) is 24.0 Å². The number of hydrogen-bond donors (Lipinski definition) is 0. The van der Waals surface area contributed by atoms with E-state index in [-0.39, 0.29) is 42.3 Å². The molecule has 0 bridgehead atoms. The molecular formula is C25H35N3O4. The minimum absolute atomic E-state index is 0.00101. The van der Waals surface area contributed by atoms with Crippen LogP contribution in [0.1, 0.15) is 50.2 Å². The van der Waals surface area contributed by atoms with Gasteiger partial charge in [-0.25, -0.2) is 0 Å². The number of imide groups is 1. The summed E-state index contributed by atoms with van der Waals surface area (Å²) in [5, 5.41) is 0. The summed E-state index contributed by atoms with van der Waals surface area (Å²) in [7, 11) is 3.79. The largest absolute Gasteiger partial charge is 0.342 e. The summed E-state index contributed by atoms with van der Waals surface area (Å²) in [6, 6.07) is 7.53. The van der Waals surface area contributed by atoms with E-state index in [1.807, 2.05) is 57.1 Å². The highest BCUT2D eigenvalue weighted by molar-refractivity contribution is 6.11. The second kappa shape index (κ2) is 9.94. The number of rotatable bonds is 8. The molecule has 2 aliphatic rings. The van der Waals surface area contributed by atoms with Crippen LogP contribution in [0.15, 0.2) is 24.3 Å². The first kappa shape index (κ1) is 24.1. The van der Waals surface area contributed by atoms with Crippen LogP contribution in [0.5, 0.6) is 0 Å². The molecule has 3 amide bonds. The van der Waals surface area contributed by atoms with Crippen LogP contribution in [0.2, 0.25) is 0 Å². The Hall–Kier alpha value is -2.54. The lowest BCUT2D eigenvalue weighted by Gasteiger charge is -2.35. The van der Waals surface area contributed by atoms with E-state index in [1.165, 1.54) is 4.90 Å².